The fourth-order valence-corrected chi connectivity index (χ4v) is 4.98. The van der Waals surface area contributed by atoms with E-state index in [4.69, 9.17) is 14.2 Å². The SMILES string of the molecule is CCC(O)C(C)C1OC1CC(C)/C=C/C=C(\C)C1OC(=O)CC(O)CC(=O)C(C)(N=O)C(OC(C)=O)/C=C/C1C. The van der Waals surface area contributed by atoms with E-state index in [1.807, 2.05) is 39.0 Å². The monoisotopic (exact) mass is 563 g/mol. The van der Waals surface area contributed by atoms with Crippen LogP contribution in [0.15, 0.2) is 41.1 Å². The summed E-state index contributed by atoms with van der Waals surface area (Å²) >= 11 is 0. The first kappa shape index (κ1) is 33.5. The highest BCUT2D eigenvalue weighted by Crippen LogP contribution is 2.36. The molecule has 2 N–H and O–H groups in total. The van der Waals surface area contributed by atoms with Gasteiger partial charge in [-0.1, -0.05) is 57.2 Å². The number of allylic oxidation sites excluding steroid dienone is 3. The average Bonchev–Trinajstić information content (AvgIpc) is 3.65. The standard InChI is InChI=1S/C30H45NO9/c1-8-23(34)20(5)29-24(39-29)14-17(2)10-9-11-18(3)28-19(4)12-13-26(38-21(6)32)30(7,31-37)25(35)15-22(33)16-27(36)40-28/h9-13,17,19-20,22-24,26,28-29,33-34H,8,14-16H2,1-7H3/b10-9+,13-12+,18-11+. The van der Waals surface area contributed by atoms with Crippen LogP contribution in [0, 0.1) is 22.7 Å². The minimum Gasteiger partial charge on any atom is -0.457 e. The number of nitrogens with zero attached hydrogens (tertiary/aromatic N) is 1. The molecule has 10 atom stereocenters. The van der Waals surface area contributed by atoms with Crippen LogP contribution in [0.25, 0.3) is 0 Å². The molecule has 10 nitrogen and oxygen atoms in total. The van der Waals surface area contributed by atoms with Crippen LogP contribution in [-0.4, -0.2) is 70.1 Å². The zero-order valence-electron chi connectivity index (χ0n) is 24.6. The van der Waals surface area contributed by atoms with Crippen LogP contribution in [-0.2, 0) is 28.6 Å². The van der Waals surface area contributed by atoms with Crippen molar-refractivity contribution < 1.29 is 38.8 Å². The molecule has 0 aromatic carbocycles. The van der Waals surface area contributed by atoms with E-state index in [1.54, 1.807) is 13.0 Å². The number of carbonyl (C=O) groups is 3. The van der Waals surface area contributed by atoms with Gasteiger partial charge in [-0.25, -0.2) is 0 Å². The van der Waals surface area contributed by atoms with Crippen LogP contribution in [0.4, 0.5) is 0 Å². The van der Waals surface area contributed by atoms with Crippen LogP contribution >= 0.6 is 0 Å². The van der Waals surface area contributed by atoms with Crippen LogP contribution < -0.4 is 0 Å². The van der Waals surface area contributed by atoms with Crippen LogP contribution in [0.3, 0.4) is 0 Å². The average molecular weight is 564 g/mol. The quantitative estimate of drug-likeness (QED) is 0.132. The normalized spacial score (nSPS) is 35.1. The Balaban J connectivity index is 2.21. The third-order valence-corrected chi connectivity index (χ3v) is 7.77. The maximum atomic E-state index is 12.8. The molecule has 0 aromatic rings. The van der Waals surface area contributed by atoms with Crippen LogP contribution in [0.1, 0.15) is 74.1 Å². The van der Waals surface area contributed by atoms with E-state index >= 15 is 0 Å². The number of ketones is 1. The number of cyclic esters (lactones) is 1. The smallest absolute Gasteiger partial charge is 0.309 e. The van der Waals surface area contributed by atoms with Gasteiger partial charge in [0.25, 0.3) is 0 Å². The molecule has 1 fully saturated rings. The Labute approximate surface area is 236 Å². The second-order valence-electron chi connectivity index (χ2n) is 11.4. The summed E-state index contributed by atoms with van der Waals surface area (Å²) in [6.07, 6.45) is 5.78. The van der Waals surface area contributed by atoms with Gasteiger partial charge < -0.3 is 24.4 Å². The topological polar surface area (TPSA) is 152 Å². The molecule has 0 aliphatic carbocycles. The number of hydrogen-bond acceptors (Lipinski definition) is 10. The first-order chi connectivity index (χ1) is 18.7. The van der Waals surface area contributed by atoms with Crippen molar-refractivity contribution in [3.63, 3.8) is 0 Å². The van der Waals surface area contributed by atoms with Gasteiger partial charge in [0.1, 0.15) is 6.10 Å². The predicted molar refractivity (Wildman–Crippen MR) is 149 cm³/mol. The van der Waals surface area contributed by atoms with Crippen molar-refractivity contribution in [1.29, 1.82) is 0 Å². The van der Waals surface area contributed by atoms with Crippen molar-refractivity contribution in [2.75, 3.05) is 0 Å². The zero-order valence-corrected chi connectivity index (χ0v) is 24.6. The van der Waals surface area contributed by atoms with Gasteiger partial charge in [0, 0.05) is 25.2 Å². The second kappa shape index (κ2) is 14.8. The molecule has 0 radical (unpaired) electrons. The van der Waals surface area contributed by atoms with Gasteiger partial charge in [-0.05, 0) is 44.3 Å². The predicted octanol–water partition coefficient (Wildman–Crippen LogP) is 3.97. The highest BCUT2D eigenvalue weighted by molar-refractivity contribution is 5.90. The van der Waals surface area contributed by atoms with E-state index < -0.39 is 60.3 Å². The molecule has 10 unspecified atom stereocenters. The lowest BCUT2D eigenvalue weighted by molar-refractivity contribution is -0.151. The van der Waals surface area contributed by atoms with E-state index in [1.165, 1.54) is 13.0 Å². The van der Waals surface area contributed by atoms with Gasteiger partial charge in [0.05, 0.1) is 30.8 Å². The van der Waals surface area contributed by atoms with Crippen molar-refractivity contribution in [3.8, 4) is 0 Å². The van der Waals surface area contributed by atoms with Gasteiger partial charge in [-0.3, -0.25) is 14.4 Å². The summed E-state index contributed by atoms with van der Waals surface area (Å²) < 4.78 is 16.8. The van der Waals surface area contributed by atoms with Crippen molar-refractivity contribution in [1.82, 2.24) is 0 Å². The number of Topliss-reactive ketones (excluding diaryl/α,β-unsaturated/α-hetero) is 1. The Morgan fingerprint density at radius 2 is 1.93 bits per heavy atom. The van der Waals surface area contributed by atoms with Gasteiger partial charge >= 0.3 is 11.9 Å². The second-order valence-corrected chi connectivity index (χ2v) is 11.4. The Hall–Kier alpha value is -2.69. The molecule has 0 spiro atoms. The molecule has 10 heteroatoms. The molecule has 0 saturated carbocycles. The van der Waals surface area contributed by atoms with Gasteiger partial charge in [0.2, 0.25) is 0 Å². The van der Waals surface area contributed by atoms with Crippen molar-refractivity contribution in [3.05, 3.63) is 40.9 Å². The molecule has 2 aliphatic heterocycles. The first-order valence-corrected chi connectivity index (χ1v) is 14.0. The Morgan fingerprint density at radius 3 is 2.52 bits per heavy atom. The number of rotatable bonds is 10. The van der Waals surface area contributed by atoms with E-state index in [-0.39, 0.29) is 30.1 Å². The van der Waals surface area contributed by atoms with Gasteiger partial charge in [0.15, 0.2) is 17.4 Å². The van der Waals surface area contributed by atoms with Crippen LogP contribution in [0.5, 0.6) is 0 Å². The van der Waals surface area contributed by atoms with Crippen molar-refractivity contribution in [2.45, 2.75) is 116 Å². The van der Waals surface area contributed by atoms with E-state index in [2.05, 4.69) is 12.1 Å². The number of esters is 2. The summed E-state index contributed by atoms with van der Waals surface area (Å²) in [5, 5.41) is 23.4. The Morgan fingerprint density at radius 1 is 1.25 bits per heavy atom. The number of aliphatic hydroxyl groups excluding tert-OH is 2. The van der Waals surface area contributed by atoms with E-state index in [0.717, 1.165) is 18.9 Å². The largest absolute Gasteiger partial charge is 0.457 e. The summed E-state index contributed by atoms with van der Waals surface area (Å²) in [4.78, 5) is 48.9. The molecule has 2 rings (SSSR count). The number of hydrogen-bond donors (Lipinski definition) is 2. The summed E-state index contributed by atoms with van der Waals surface area (Å²) in [5.41, 5.74) is -1.24. The van der Waals surface area contributed by atoms with Crippen molar-refractivity contribution >= 4 is 17.7 Å². The van der Waals surface area contributed by atoms with Crippen LogP contribution in [0.2, 0.25) is 0 Å². The lowest BCUT2D eigenvalue weighted by Crippen LogP contribution is -2.47. The molecule has 2 aliphatic rings. The number of ether oxygens (including phenoxy) is 3. The number of epoxide rings is 1. The highest BCUT2D eigenvalue weighted by atomic mass is 16.6. The molecule has 1 saturated heterocycles. The summed E-state index contributed by atoms with van der Waals surface area (Å²) in [6, 6.07) is 0. The maximum absolute atomic E-state index is 12.8. The Bertz CT molecular complexity index is 1010. The minimum absolute atomic E-state index is 0.0732. The third kappa shape index (κ3) is 9.17. The molecule has 40 heavy (non-hydrogen) atoms. The Kier molecular flexibility index (Phi) is 12.4. The molecule has 0 bridgehead atoms. The number of carbonyl (C=O) groups excluding carboxylic acids is 3. The first-order valence-electron chi connectivity index (χ1n) is 14.0. The molecule has 0 aromatic heterocycles. The fourth-order valence-electron chi connectivity index (χ4n) is 4.98. The third-order valence-electron chi connectivity index (χ3n) is 7.77. The highest BCUT2D eigenvalue weighted by Gasteiger charge is 2.46. The summed E-state index contributed by atoms with van der Waals surface area (Å²) in [7, 11) is 0. The number of nitroso groups, excluding NO2 is 1. The van der Waals surface area contributed by atoms with Gasteiger partial charge in [-0.15, -0.1) is 4.91 Å². The molecule has 2 heterocycles. The zero-order chi connectivity index (χ0) is 30.2. The lowest BCUT2D eigenvalue weighted by atomic mass is 9.85. The fraction of sp³-hybridized carbons (Fsp3) is 0.700. The van der Waals surface area contributed by atoms with E-state index in [9.17, 15) is 29.5 Å². The van der Waals surface area contributed by atoms with Crippen molar-refractivity contribution in [2.24, 2.45) is 22.9 Å². The van der Waals surface area contributed by atoms with E-state index in [0.29, 0.717) is 6.42 Å². The lowest BCUT2D eigenvalue weighted by Gasteiger charge is -2.30. The molecule has 224 valence electrons. The summed E-state index contributed by atoms with van der Waals surface area (Å²) in [6.45, 7) is 12.1. The molecular weight excluding hydrogens is 518 g/mol. The molecule has 0 amide bonds. The summed E-state index contributed by atoms with van der Waals surface area (Å²) in [5.74, 6) is -2.26. The van der Waals surface area contributed by atoms with Gasteiger partial charge in [-0.2, -0.15) is 0 Å². The minimum atomic E-state index is -1.97. The number of aliphatic hydroxyl groups is 2. The maximum Gasteiger partial charge on any atom is 0.309 e. The molecular formula is C30H45NO9.